The summed E-state index contributed by atoms with van der Waals surface area (Å²) in [5.41, 5.74) is 9.12. The van der Waals surface area contributed by atoms with E-state index >= 15 is 0 Å². The maximum absolute atomic E-state index is 6.00. The van der Waals surface area contributed by atoms with Crippen molar-refractivity contribution in [3.05, 3.63) is 58.1 Å². The number of nitrogens with two attached hydrogens (primary N) is 1. The average molecular weight is 290 g/mol. The van der Waals surface area contributed by atoms with Crippen LogP contribution in [0.5, 0.6) is 0 Å². The highest BCUT2D eigenvalue weighted by atomic mass is 35.5. The van der Waals surface area contributed by atoms with Crippen LogP contribution in [0.2, 0.25) is 5.02 Å². The lowest BCUT2D eigenvalue weighted by molar-refractivity contribution is 0.632. The van der Waals surface area contributed by atoms with Crippen LogP contribution in [0.15, 0.2) is 30.3 Å². The normalized spacial score (nSPS) is 12.4. The molecule has 1 aromatic carbocycles. The summed E-state index contributed by atoms with van der Waals surface area (Å²) in [6.07, 6.45) is 2.44. The van der Waals surface area contributed by atoms with Crippen LogP contribution in [-0.4, -0.2) is 16.0 Å². The first-order valence-corrected chi connectivity index (χ1v) is 7.28. The lowest BCUT2D eigenvalue weighted by Crippen LogP contribution is -2.22. The van der Waals surface area contributed by atoms with Crippen molar-refractivity contribution in [3.8, 4) is 0 Å². The van der Waals surface area contributed by atoms with Crippen LogP contribution in [0.4, 0.5) is 0 Å². The predicted molar refractivity (Wildman–Crippen MR) is 83.0 cm³/mol. The summed E-state index contributed by atoms with van der Waals surface area (Å²) in [7, 11) is 0. The molecule has 1 unspecified atom stereocenters. The zero-order valence-corrected chi connectivity index (χ0v) is 12.7. The minimum absolute atomic E-state index is 0.156. The van der Waals surface area contributed by atoms with Crippen LogP contribution in [-0.2, 0) is 12.8 Å². The van der Waals surface area contributed by atoms with E-state index in [1.54, 1.807) is 0 Å². The fourth-order valence-electron chi connectivity index (χ4n) is 2.13. The van der Waals surface area contributed by atoms with Crippen molar-refractivity contribution in [2.45, 2.75) is 39.2 Å². The molecule has 0 saturated carbocycles. The molecule has 1 heterocycles. The highest BCUT2D eigenvalue weighted by molar-refractivity contribution is 6.30. The highest BCUT2D eigenvalue weighted by Gasteiger charge is 2.07. The molecular weight excluding hydrogens is 270 g/mol. The van der Waals surface area contributed by atoms with E-state index in [1.165, 1.54) is 0 Å². The Morgan fingerprint density at radius 1 is 1.25 bits per heavy atom. The number of rotatable bonds is 5. The van der Waals surface area contributed by atoms with Gasteiger partial charge in [0.2, 0.25) is 0 Å². The summed E-state index contributed by atoms with van der Waals surface area (Å²) in [5.74, 6) is 0.825. The van der Waals surface area contributed by atoms with Crippen LogP contribution < -0.4 is 5.73 Å². The van der Waals surface area contributed by atoms with E-state index in [-0.39, 0.29) is 6.04 Å². The second kappa shape index (κ2) is 6.82. The van der Waals surface area contributed by atoms with Crippen LogP contribution in [0, 0.1) is 6.92 Å². The van der Waals surface area contributed by atoms with Gasteiger partial charge in [0.15, 0.2) is 0 Å². The number of hydrogen-bond acceptors (Lipinski definition) is 3. The molecule has 0 aliphatic heterocycles. The summed E-state index contributed by atoms with van der Waals surface area (Å²) in [6, 6.07) is 9.97. The van der Waals surface area contributed by atoms with Gasteiger partial charge in [0.05, 0.1) is 0 Å². The molecule has 1 aromatic heterocycles. The van der Waals surface area contributed by atoms with E-state index in [0.717, 1.165) is 40.6 Å². The molecule has 20 heavy (non-hydrogen) atoms. The quantitative estimate of drug-likeness (QED) is 0.919. The Morgan fingerprint density at radius 2 is 2.05 bits per heavy atom. The number of aryl methyl sites for hydroxylation is 1. The van der Waals surface area contributed by atoms with Crippen molar-refractivity contribution in [1.29, 1.82) is 0 Å². The Morgan fingerprint density at radius 3 is 2.75 bits per heavy atom. The Bertz CT molecular complexity index is 584. The third-order valence-electron chi connectivity index (χ3n) is 3.20. The topological polar surface area (TPSA) is 51.8 Å². The monoisotopic (exact) mass is 289 g/mol. The summed E-state index contributed by atoms with van der Waals surface area (Å²) >= 11 is 6.00. The molecule has 2 N–H and O–H groups in total. The molecular formula is C16H20ClN3. The number of hydrogen-bond donors (Lipinski definition) is 1. The van der Waals surface area contributed by atoms with Crippen molar-refractivity contribution >= 4 is 11.6 Å². The molecule has 0 radical (unpaired) electrons. The van der Waals surface area contributed by atoms with E-state index in [1.807, 2.05) is 37.3 Å². The number of halogens is 1. The average Bonchev–Trinajstić information content (AvgIpc) is 2.37. The van der Waals surface area contributed by atoms with Gasteiger partial charge in [-0.25, -0.2) is 9.97 Å². The molecule has 0 aliphatic rings. The smallest absolute Gasteiger partial charge is 0.133 e. The summed E-state index contributed by atoms with van der Waals surface area (Å²) in [5, 5.41) is 0.739. The minimum Gasteiger partial charge on any atom is -0.327 e. The van der Waals surface area contributed by atoms with E-state index in [0.29, 0.717) is 6.42 Å². The first-order valence-electron chi connectivity index (χ1n) is 6.90. The van der Waals surface area contributed by atoms with Crippen molar-refractivity contribution in [1.82, 2.24) is 9.97 Å². The van der Waals surface area contributed by atoms with Crippen molar-refractivity contribution in [2.24, 2.45) is 5.73 Å². The van der Waals surface area contributed by atoms with Crippen molar-refractivity contribution in [3.63, 3.8) is 0 Å². The van der Waals surface area contributed by atoms with Gasteiger partial charge >= 0.3 is 0 Å². The van der Waals surface area contributed by atoms with Gasteiger partial charge in [0.25, 0.3) is 0 Å². The molecule has 2 rings (SSSR count). The zero-order valence-electron chi connectivity index (χ0n) is 11.9. The van der Waals surface area contributed by atoms with Gasteiger partial charge < -0.3 is 5.73 Å². The van der Waals surface area contributed by atoms with Gasteiger partial charge in [0.1, 0.15) is 5.82 Å². The van der Waals surface area contributed by atoms with Crippen LogP contribution >= 0.6 is 11.6 Å². The maximum atomic E-state index is 6.00. The molecule has 2 aromatic rings. The van der Waals surface area contributed by atoms with Gasteiger partial charge in [-0.2, -0.15) is 0 Å². The number of aromatic nitrogens is 2. The van der Waals surface area contributed by atoms with Gasteiger partial charge in [-0.15, -0.1) is 0 Å². The molecule has 3 nitrogen and oxygen atoms in total. The van der Waals surface area contributed by atoms with E-state index in [9.17, 15) is 0 Å². The molecule has 0 aliphatic carbocycles. The Labute approximate surface area is 125 Å². The second-order valence-corrected chi connectivity index (χ2v) is 5.53. The summed E-state index contributed by atoms with van der Waals surface area (Å²) < 4.78 is 0. The van der Waals surface area contributed by atoms with Gasteiger partial charge in [-0.05, 0) is 37.1 Å². The number of nitrogens with zero attached hydrogens (tertiary/aromatic N) is 2. The second-order valence-electron chi connectivity index (χ2n) is 5.10. The summed E-state index contributed by atoms with van der Waals surface area (Å²) in [4.78, 5) is 9.11. The Kier molecular flexibility index (Phi) is 5.10. The van der Waals surface area contributed by atoms with Crippen LogP contribution in [0.3, 0.4) is 0 Å². The first-order chi connectivity index (χ1) is 9.56. The molecule has 0 bridgehead atoms. The molecule has 0 fully saturated rings. The SMILES string of the molecule is CCC(N)Cc1cc(C)nc(Cc2cccc(Cl)c2)n1. The van der Waals surface area contributed by atoms with Gasteiger partial charge in [0, 0.05) is 35.3 Å². The largest absolute Gasteiger partial charge is 0.327 e. The maximum Gasteiger partial charge on any atom is 0.133 e. The molecule has 106 valence electrons. The lowest BCUT2D eigenvalue weighted by Gasteiger charge is -2.10. The van der Waals surface area contributed by atoms with Crippen LogP contribution in [0.25, 0.3) is 0 Å². The van der Waals surface area contributed by atoms with E-state index in [4.69, 9.17) is 17.3 Å². The Balaban J connectivity index is 2.19. The standard InChI is InChI=1S/C16H20ClN3/c1-3-14(18)10-15-7-11(2)19-16(20-15)9-12-5-4-6-13(17)8-12/h4-8,14H,3,9-10,18H2,1-2H3. The molecule has 0 amide bonds. The first kappa shape index (κ1) is 14.9. The van der Waals surface area contributed by atoms with Gasteiger partial charge in [-0.3, -0.25) is 0 Å². The third kappa shape index (κ3) is 4.29. The molecule has 4 heteroatoms. The zero-order chi connectivity index (χ0) is 14.5. The lowest BCUT2D eigenvalue weighted by atomic mass is 10.1. The van der Waals surface area contributed by atoms with Crippen LogP contribution in [0.1, 0.15) is 36.1 Å². The van der Waals surface area contributed by atoms with Gasteiger partial charge in [-0.1, -0.05) is 30.7 Å². The highest BCUT2D eigenvalue weighted by Crippen LogP contribution is 2.14. The molecule has 1 atom stereocenters. The minimum atomic E-state index is 0.156. The fraction of sp³-hybridized carbons (Fsp3) is 0.375. The van der Waals surface area contributed by atoms with Crippen molar-refractivity contribution in [2.75, 3.05) is 0 Å². The Hall–Kier alpha value is -1.45. The molecule has 0 spiro atoms. The van der Waals surface area contributed by atoms with E-state index in [2.05, 4.69) is 16.9 Å². The summed E-state index contributed by atoms with van der Waals surface area (Å²) in [6.45, 7) is 4.08. The van der Waals surface area contributed by atoms with Crippen molar-refractivity contribution < 1.29 is 0 Å². The molecule has 0 saturated heterocycles. The predicted octanol–water partition coefficient (Wildman–Crippen LogP) is 3.31. The van der Waals surface area contributed by atoms with E-state index < -0.39 is 0 Å². The third-order valence-corrected chi connectivity index (χ3v) is 3.44. The number of benzene rings is 1. The fourth-order valence-corrected chi connectivity index (χ4v) is 2.34.